The van der Waals surface area contributed by atoms with Gasteiger partial charge in [0.05, 0.1) is 6.61 Å². The first-order chi connectivity index (χ1) is 7.69. The van der Waals surface area contributed by atoms with E-state index in [1.807, 2.05) is 30.0 Å². The number of thiol groups is 1. The SMILES string of the molecule is CCCN(C(=S)S)c1cccc(OCC)n1. The van der Waals surface area contributed by atoms with Gasteiger partial charge < -0.3 is 9.64 Å². The van der Waals surface area contributed by atoms with E-state index in [1.54, 1.807) is 0 Å². The highest BCUT2D eigenvalue weighted by Crippen LogP contribution is 2.17. The van der Waals surface area contributed by atoms with Gasteiger partial charge in [-0.3, -0.25) is 0 Å². The van der Waals surface area contributed by atoms with Gasteiger partial charge in [-0.05, 0) is 19.4 Å². The van der Waals surface area contributed by atoms with Gasteiger partial charge in [0, 0.05) is 12.6 Å². The highest BCUT2D eigenvalue weighted by atomic mass is 32.1. The van der Waals surface area contributed by atoms with E-state index in [1.165, 1.54) is 0 Å². The lowest BCUT2D eigenvalue weighted by atomic mass is 10.4. The maximum absolute atomic E-state index is 5.35. The van der Waals surface area contributed by atoms with Crippen molar-refractivity contribution in [3.05, 3.63) is 18.2 Å². The second kappa shape index (κ2) is 6.70. The van der Waals surface area contributed by atoms with E-state index in [2.05, 4.69) is 24.5 Å². The second-order valence-corrected chi connectivity index (χ2v) is 4.31. The molecule has 16 heavy (non-hydrogen) atoms. The number of thiocarbonyl (C=S) groups is 1. The number of pyridine rings is 1. The molecule has 0 N–H and O–H groups in total. The monoisotopic (exact) mass is 256 g/mol. The number of anilines is 1. The largest absolute Gasteiger partial charge is 0.478 e. The maximum Gasteiger partial charge on any atom is 0.215 e. The van der Waals surface area contributed by atoms with Crippen molar-refractivity contribution < 1.29 is 4.74 Å². The van der Waals surface area contributed by atoms with E-state index in [0.717, 1.165) is 18.8 Å². The number of nitrogens with zero attached hydrogens (tertiary/aromatic N) is 2. The molecule has 0 saturated heterocycles. The van der Waals surface area contributed by atoms with Crippen LogP contribution in [0.1, 0.15) is 20.3 Å². The van der Waals surface area contributed by atoms with Crippen molar-refractivity contribution in [1.29, 1.82) is 0 Å². The number of rotatable bonds is 5. The fourth-order valence-corrected chi connectivity index (χ4v) is 1.70. The second-order valence-electron chi connectivity index (χ2n) is 3.20. The Labute approximate surface area is 107 Å². The van der Waals surface area contributed by atoms with Crippen molar-refractivity contribution in [1.82, 2.24) is 4.98 Å². The quantitative estimate of drug-likeness (QED) is 0.647. The Balaban J connectivity index is 2.90. The molecule has 3 nitrogen and oxygen atoms in total. The van der Waals surface area contributed by atoms with Gasteiger partial charge in [0.1, 0.15) is 10.1 Å². The lowest BCUT2D eigenvalue weighted by Gasteiger charge is -2.21. The minimum atomic E-state index is 0.531. The van der Waals surface area contributed by atoms with Gasteiger partial charge in [-0.25, -0.2) is 0 Å². The van der Waals surface area contributed by atoms with E-state index in [4.69, 9.17) is 17.0 Å². The molecule has 0 unspecified atom stereocenters. The Hall–Kier alpha value is -0.810. The van der Waals surface area contributed by atoms with Gasteiger partial charge >= 0.3 is 0 Å². The molecule has 1 aromatic heterocycles. The third-order valence-electron chi connectivity index (χ3n) is 1.96. The summed E-state index contributed by atoms with van der Waals surface area (Å²) in [5, 5.41) is 0. The lowest BCUT2D eigenvalue weighted by Crippen LogP contribution is -2.27. The molecule has 0 fully saturated rings. The average molecular weight is 256 g/mol. The summed E-state index contributed by atoms with van der Waals surface area (Å²) < 4.78 is 5.88. The summed E-state index contributed by atoms with van der Waals surface area (Å²) in [7, 11) is 0. The maximum atomic E-state index is 5.35. The predicted molar refractivity (Wildman–Crippen MR) is 74.6 cm³/mol. The normalized spacial score (nSPS) is 9.94. The summed E-state index contributed by atoms with van der Waals surface area (Å²) >= 11 is 9.28. The van der Waals surface area contributed by atoms with Crippen LogP contribution in [0.15, 0.2) is 18.2 Å². The van der Waals surface area contributed by atoms with Crippen LogP contribution in [0.3, 0.4) is 0 Å². The van der Waals surface area contributed by atoms with Crippen LogP contribution >= 0.6 is 24.8 Å². The molecule has 0 aliphatic rings. The Morgan fingerprint density at radius 2 is 2.25 bits per heavy atom. The van der Waals surface area contributed by atoms with Crippen molar-refractivity contribution >= 4 is 35.0 Å². The molecule has 0 spiro atoms. The summed E-state index contributed by atoms with van der Waals surface area (Å²) in [5.74, 6) is 1.40. The van der Waals surface area contributed by atoms with Gasteiger partial charge in [-0.2, -0.15) is 4.98 Å². The highest BCUT2D eigenvalue weighted by Gasteiger charge is 2.10. The molecule has 5 heteroatoms. The summed E-state index contributed by atoms with van der Waals surface area (Å²) in [4.78, 5) is 6.26. The summed E-state index contributed by atoms with van der Waals surface area (Å²) in [6, 6.07) is 5.64. The third kappa shape index (κ3) is 3.64. The van der Waals surface area contributed by atoms with Gasteiger partial charge in [0.2, 0.25) is 5.88 Å². The standard InChI is InChI=1S/C11H16N2OS2/c1-3-8-13(11(15)16)9-6-5-7-10(12-9)14-4-2/h5-7H,3-4,8H2,1-2H3,(H,15,16). The van der Waals surface area contributed by atoms with Gasteiger partial charge in [-0.15, -0.1) is 12.6 Å². The predicted octanol–water partition coefficient (Wildman–Crippen LogP) is 2.91. The molecule has 0 amide bonds. The third-order valence-corrected chi connectivity index (χ3v) is 2.42. The van der Waals surface area contributed by atoms with E-state index < -0.39 is 0 Å². The fourth-order valence-electron chi connectivity index (χ4n) is 1.31. The minimum absolute atomic E-state index is 0.531. The average Bonchev–Trinajstić information content (AvgIpc) is 2.26. The first kappa shape index (κ1) is 13.3. The Bertz CT molecular complexity index is 358. The van der Waals surface area contributed by atoms with E-state index in [9.17, 15) is 0 Å². The molecule has 0 aliphatic carbocycles. The summed E-state index contributed by atoms with van der Waals surface area (Å²) in [6.45, 7) is 5.44. The number of ether oxygens (including phenoxy) is 1. The lowest BCUT2D eigenvalue weighted by molar-refractivity contribution is 0.327. The van der Waals surface area contributed by atoms with Crippen molar-refractivity contribution in [3.63, 3.8) is 0 Å². The molecule has 0 radical (unpaired) electrons. The zero-order valence-electron chi connectivity index (χ0n) is 9.51. The smallest absolute Gasteiger partial charge is 0.215 e. The van der Waals surface area contributed by atoms with Crippen LogP contribution in [0.5, 0.6) is 5.88 Å². The van der Waals surface area contributed by atoms with E-state index >= 15 is 0 Å². The van der Waals surface area contributed by atoms with Gasteiger partial charge in [0.15, 0.2) is 0 Å². The van der Waals surface area contributed by atoms with Gasteiger partial charge in [-0.1, -0.05) is 25.2 Å². The molecule has 88 valence electrons. The molecule has 0 aromatic carbocycles. The summed E-state index contributed by atoms with van der Waals surface area (Å²) in [5.41, 5.74) is 0. The molecule has 0 saturated carbocycles. The van der Waals surface area contributed by atoms with Crippen LogP contribution in [-0.4, -0.2) is 22.5 Å². The van der Waals surface area contributed by atoms with E-state index in [0.29, 0.717) is 16.8 Å². The first-order valence-electron chi connectivity index (χ1n) is 5.29. The number of hydrogen-bond acceptors (Lipinski definition) is 3. The van der Waals surface area contributed by atoms with Crippen molar-refractivity contribution in [3.8, 4) is 5.88 Å². The highest BCUT2D eigenvalue weighted by molar-refractivity contribution is 8.11. The molecular weight excluding hydrogens is 240 g/mol. The zero-order valence-corrected chi connectivity index (χ0v) is 11.2. The van der Waals surface area contributed by atoms with Crippen LogP contribution in [0, 0.1) is 0 Å². The van der Waals surface area contributed by atoms with Crippen LogP contribution < -0.4 is 9.64 Å². The molecule has 0 bridgehead atoms. The topological polar surface area (TPSA) is 25.4 Å². The van der Waals surface area contributed by atoms with Crippen LogP contribution in [0.2, 0.25) is 0 Å². The van der Waals surface area contributed by atoms with Crippen molar-refractivity contribution in [2.45, 2.75) is 20.3 Å². The Kier molecular flexibility index (Phi) is 5.55. The molecular formula is C11H16N2OS2. The summed E-state index contributed by atoms with van der Waals surface area (Å²) in [6.07, 6.45) is 0.987. The molecule has 1 heterocycles. The zero-order chi connectivity index (χ0) is 12.0. The molecule has 1 aromatic rings. The van der Waals surface area contributed by atoms with Crippen LogP contribution in [0.25, 0.3) is 0 Å². The van der Waals surface area contributed by atoms with Crippen LogP contribution in [0.4, 0.5) is 5.82 Å². The first-order valence-corrected chi connectivity index (χ1v) is 6.14. The van der Waals surface area contributed by atoms with Crippen LogP contribution in [-0.2, 0) is 0 Å². The van der Waals surface area contributed by atoms with Crippen molar-refractivity contribution in [2.75, 3.05) is 18.1 Å². The molecule has 0 aliphatic heterocycles. The van der Waals surface area contributed by atoms with Crippen molar-refractivity contribution in [2.24, 2.45) is 0 Å². The van der Waals surface area contributed by atoms with E-state index in [-0.39, 0.29) is 0 Å². The Morgan fingerprint density at radius 1 is 1.50 bits per heavy atom. The molecule has 0 atom stereocenters. The minimum Gasteiger partial charge on any atom is -0.478 e. The molecule has 1 rings (SSSR count). The Morgan fingerprint density at radius 3 is 2.81 bits per heavy atom. The van der Waals surface area contributed by atoms with Gasteiger partial charge in [0.25, 0.3) is 0 Å². The number of hydrogen-bond donors (Lipinski definition) is 1. The fraction of sp³-hybridized carbons (Fsp3) is 0.455. The number of aromatic nitrogens is 1.